The normalized spacial score (nSPS) is 11.4. The zero-order valence-corrected chi connectivity index (χ0v) is 15.9. The van der Waals surface area contributed by atoms with E-state index in [0.29, 0.717) is 6.54 Å². The molecule has 4 nitrogen and oxygen atoms in total. The van der Waals surface area contributed by atoms with Gasteiger partial charge in [0.25, 0.3) is 0 Å². The molecule has 0 atom stereocenters. The topological polar surface area (TPSA) is 56.7 Å². The van der Waals surface area contributed by atoms with Gasteiger partial charge in [0.2, 0.25) is 0 Å². The van der Waals surface area contributed by atoms with E-state index in [-0.39, 0.29) is 12.4 Å². The number of thioether (sulfide) groups is 1. The van der Waals surface area contributed by atoms with Gasteiger partial charge < -0.3 is 15.7 Å². The molecule has 0 aliphatic heterocycles. The molecule has 0 bridgehead atoms. The van der Waals surface area contributed by atoms with Crippen LogP contribution in [0.1, 0.15) is 24.5 Å². The van der Waals surface area contributed by atoms with Gasteiger partial charge in [0.1, 0.15) is 5.82 Å². The van der Waals surface area contributed by atoms with Crippen molar-refractivity contribution in [2.24, 2.45) is 4.99 Å². The number of nitrogens with zero attached hydrogens (tertiary/aromatic N) is 1. The Labute approximate surface area is 158 Å². The van der Waals surface area contributed by atoms with Gasteiger partial charge in [-0.05, 0) is 54.5 Å². The van der Waals surface area contributed by atoms with Crippen LogP contribution in [-0.4, -0.2) is 29.9 Å². The minimum atomic E-state index is -0.203. The summed E-state index contributed by atoms with van der Waals surface area (Å²) in [5, 5.41) is 16.0. The first kappa shape index (κ1) is 20.3. The number of aliphatic hydroxyl groups excluding tert-OH is 1. The third-order valence-corrected chi connectivity index (χ3v) is 4.83. The molecule has 2 aromatic rings. The highest BCUT2D eigenvalue weighted by Gasteiger charge is 2.02. The number of aliphatic imine (C=N–C) groups is 1. The molecule has 6 heteroatoms. The molecule has 2 rings (SSSR count). The van der Waals surface area contributed by atoms with Crippen molar-refractivity contribution in [1.82, 2.24) is 10.6 Å². The quantitative estimate of drug-likeness (QED) is 0.271. The van der Waals surface area contributed by atoms with Gasteiger partial charge in [0.05, 0.1) is 13.2 Å². The van der Waals surface area contributed by atoms with Crippen molar-refractivity contribution in [3.05, 3.63) is 65.5 Å². The molecule has 0 heterocycles. The summed E-state index contributed by atoms with van der Waals surface area (Å²) >= 11 is 1.71. The number of benzene rings is 2. The van der Waals surface area contributed by atoms with Crippen LogP contribution < -0.4 is 10.6 Å². The largest absolute Gasteiger partial charge is 0.392 e. The van der Waals surface area contributed by atoms with Crippen LogP contribution >= 0.6 is 11.8 Å². The van der Waals surface area contributed by atoms with Gasteiger partial charge in [-0.3, -0.25) is 0 Å². The standard InChI is InChI=1S/C20H26FN3OS/c1-2-22-20(24-14-16-6-3-4-7-17(16)15-25)23-12-5-13-26-19-10-8-18(21)9-11-19/h3-4,6-11,25H,2,5,12-15H2,1H3,(H2,22,23,24). The monoisotopic (exact) mass is 375 g/mol. The Bertz CT molecular complexity index is 692. The van der Waals surface area contributed by atoms with E-state index in [2.05, 4.69) is 15.6 Å². The van der Waals surface area contributed by atoms with Crippen LogP contribution in [0.15, 0.2) is 58.4 Å². The van der Waals surface area contributed by atoms with Crippen LogP contribution in [0.25, 0.3) is 0 Å². The van der Waals surface area contributed by atoms with Crippen molar-refractivity contribution in [3.63, 3.8) is 0 Å². The number of rotatable bonds is 9. The molecule has 0 aromatic heterocycles. The van der Waals surface area contributed by atoms with E-state index in [9.17, 15) is 9.50 Å². The molecule has 0 aliphatic carbocycles. The highest BCUT2D eigenvalue weighted by Crippen LogP contribution is 2.18. The van der Waals surface area contributed by atoms with Gasteiger partial charge in [-0.2, -0.15) is 0 Å². The van der Waals surface area contributed by atoms with Gasteiger partial charge in [0, 0.05) is 18.0 Å². The third-order valence-electron chi connectivity index (χ3n) is 3.74. The molecule has 0 spiro atoms. The van der Waals surface area contributed by atoms with E-state index in [1.165, 1.54) is 12.1 Å². The van der Waals surface area contributed by atoms with Crippen LogP contribution in [0, 0.1) is 5.82 Å². The predicted molar refractivity (Wildman–Crippen MR) is 107 cm³/mol. The molecule has 0 amide bonds. The number of hydrogen-bond acceptors (Lipinski definition) is 3. The molecule has 26 heavy (non-hydrogen) atoms. The fourth-order valence-corrected chi connectivity index (χ4v) is 3.22. The van der Waals surface area contributed by atoms with Gasteiger partial charge in [-0.15, -0.1) is 11.8 Å². The molecule has 0 unspecified atom stereocenters. The maximum atomic E-state index is 12.9. The molecule has 140 valence electrons. The molecule has 0 saturated carbocycles. The number of guanidine groups is 1. The number of aliphatic hydroxyl groups is 1. The summed E-state index contributed by atoms with van der Waals surface area (Å²) in [7, 11) is 0. The highest BCUT2D eigenvalue weighted by molar-refractivity contribution is 7.99. The average Bonchev–Trinajstić information content (AvgIpc) is 2.67. The smallest absolute Gasteiger partial charge is 0.191 e. The first-order valence-corrected chi connectivity index (χ1v) is 9.79. The Hall–Kier alpha value is -2.05. The van der Waals surface area contributed by atoms with Crippen LogP contribution in [0.4, 0.5) is 4.39 Å². The molecule has 0 radical (unpaired) electrons. The summed E-state index contributed by atoms with van der Waals surface area (Å²) in [6, 6.07) is 14.4. The lowest BCUT2D eigenvalue weighted by Gasteiger charge is -2.12. The highest BCUT2D eigenvalue weighted by atomic mass is 32.2. The molecular formula is C20H26FN3OS. The van der Waals surface area contributed by atoms with Crippen LogP contribution in [-0.2, 0) is 13.2 Å². The number of halogens is 1. The maximum Gasteiger partial charge on any atom is 0.191 e. The Balaban J connectivity index is 1.77. The van der Waals surface area contributed by atoms with Gasteiger partial charge >= 0.3 is 0 Å². The van der Waals surface area contributed by atoms with Crippen molar-refractivity contribution in [2.45, 2.75) is 31.4 Å². The zero-order chi connectivity index (χ0) is 18.6. The summed E-state index contributed by atoms with van der Waals surface area (Å²) in [5.41, 5.74) is 1.93. The first-order chi connectivity index (χ1) is 12.7. The molecule has 0 fully saturated rings. The molecule has 0 saturated heterocycles. The fraction of sp³-hybridized carbons (Fsp3) is 0.350. The minimum Gasteiger partial charge on any atom is -0.392 e. The Morgan fingerprint density at radius 1 is 1.08 bits per heavy atom. The van der Waals surface area contributed by atoms with E-state index in [1.54, 1.807) is 23.9 Å². The van der Waals surface area contributed by atoms with E-state index >= 15 is 0 Å². The van der Waals surface area contributed by atoms with Gasteiger partial charge in [-0.25, -0.2) is 9.38 Å². The zero-order valence-electron chi connectivity index (χ0n) is 15.0. The van der Waals surface area contributed by atoms with Crippen molar-refractivity contribution in [3.8, 4) is 0 Å². The molecule has 3 N–H and O–H groups in total. The predicted octanol–water partition coefficient (Wildman–Crippen LogP) is 3.56. The lowest BCUT2D eigenvalue weighted by atomic mass is 10.1. The van der Waals surface area contributed by atoms with Crippen LogP contribution in [0.5, 0.6) is 0 Å². The van der Waals surface area contributed by atoms with Crippen molar-refractivity contribution < 1.29 is 9.50 Å². The van der Waals surface area contributed by atoms with Gasteiger partial charge in [0.15, 0.2) is 5.96 Å². The summed E-state index contributed by atoms with van der Waals surface area (Å²) in [6.45, 7) is 4.18. The number of hydrogen-bond donors (Lipinski definition) is 3. The SMILES string of the molecule is CCNC(=NCc1ccccc1CO)NCCCSc1ccc(F)cc1. The van der Waals surface area contributed by atoms with Crippen LogP contribution in [0.3, 0.4) is 0 Å². The second-order valence-electron chi connectivity index (χ2n) is 5.70. The van der Waals surface area contributed by atoms with E-state index < -0.39 is 0 Å². The molecular weight excluding hydrogens is 349 g/mol. The van der Waals surface area contributed by atoms with Crippen molar-refractivity contribution in [2.75, 3.05) is 18.8 Å². The maximum absolute atomic E-state index is 12.9. The summed E-state index contributed by atoms with van der Waals surface area (Å²) < 4.78 is 12.9. The van der Waals surface area contributed by atoms with Gasteiger partial charge in [-0.1, -0.05) is 24.3 Å². The Morgan fingerprint density at radius 3 is 2.50 bits per heavy atom. The fourth-order valence-electron chi connectivity index (χ4n) is 2.37. The Morgan fingerprint density at radius 2 is 1.81 bits per heavy atom. The third kappa shape index (κ3) is 7.06. The summed E-state index contributed by atoms with van der Waals surface area (Å²) in [6.07, 6.45) is 0.972. The summed E-state index contributed by atoms with van der Waals surface area (Å²) in [5.74, 6) is 1.52. The summed E-state index contributed by atoms with van der Waals surface area (Å²) in [4.78, 5) is 5.67. The van der Waals surface area contributed by atoms with Crippen LogP contribution in [0.2, 0.25) is 0 Å². The Kier molecular flexibility index (Phi) is 9.00. The lowest BCUT2D eigenvalue weighted by molar-refractivity contribution is 0.280. The van der Waals surface area contributed by atoms with Crippen molar-refractivity contribution in [1.29, 1.82) is 0 Å². The van der Waals surface area contributed by atoms with E-state index in [1.807, 2.05) is 31.2 Å². The number of nitrogens with one attached hydrogen (secondary N) is 2. The lowest BCUT2D eigenvalue weighted by Crippen LogP contribution is -2.37. The molecule has 0 aliphatic rings. The second-order valence-corrected chi connectivity index (χ2v) is 6.87. The first-order valence-electron chi connectivity index (χ1n) is 8.81. The second kappa shape index (κ2) is 11.5. The van der Waals surface area contributed by atoms with Crippen molar-refractivity contribution >= 4 is 17.7 Å². The molecule has 2 aromatic carbocycles. The average molecular weight is 376 g/mol. The van der Waals surface area contributed by atoms with E-state index in [0.717, 1.165) is 47.2 Å². The minimum absolute atomic E-state index is 0.0241. The van der Waals surface area contributed by atoms with E-state index in [4.69, 9.17) is 0 Å².